The number of halogens is 3. The highest BCUT2D eigenvalue weighted by atomic mass is 32.2. The molecule has 166 valence electrons. The lowest BCUT2D eigenvalue weighted by Gasteiger charge is -2.30. The van der Waals surface area contributed by atoms with E-state index in [0.717, 1.165) is 16.7 Å². The number of rotatable bonds is 8. The summed E-state index contributed by atoms with van der Waals surface area (Å²) in [5.74, 6) is -0.825. The molecule has 2 N–H and O–H groups in total. The number of nitrogens with one attached hydrogen (secondary N) is 2. The van der Waals surface area contributed by atoms with Gasteiger partial charge in [0.25, 0.3) is 0 Å². The van der Waals surface area contributed by atoms with E-state index >= 15 is 0 Å². The molecule has 0 aliphatic carbocycles. The minimum absolute atomic E-state index is 0.107. The molecule has 0 saturated carbocycles. The van der Waals surface area contributed by atoms with Gasteiger partial charge in [0.15, 0.2) is 6.04 Å². The van der Waals surface area contributed by atoms with Crippen LogP contribution in [-0.2, 0) is 16.0 Å². The summed E-state index contributed by atoms with van der Waals surface area (Å²) in [6.07, 6.45) is 1.32. The van der Waals surface area contributed by atoms with Crippen LogP contribution in [0.25, 0.3) is 0 Å². The zero-order chi connectivity index (χ0) is 22.5. The van der Waals surface area contributed by atoms with E-state index in [1.807, 2.05) is 30.5 Å². The van der Waals surface area contributed by atoms with Crippen molar-refractivity contribution in [3.8, 4) is 0 Å². The van der Waals surface area contributed by atoms with E-state index in [0.29, 0.717) is 19.3 Å². The summed E-state index contributed by atoms with van der Waals surface area (Å²) < 4.78 is 40.4. The SMILES string of the molecule is CSc1ccc(C[C@]2(CCC(=O)N[C@H](c3cccnc3)C(F)(F)F)CCC(=O)N2)cc1. The summed E-state index contributed by atoms with van der Waals surface area (Å²) in [6.45, 7) is 0. The lowest BCUT2D eigenvalue weighted by atomic mass is 9.85. The largest absolute Gasteiger partial charge is 0.412 e. The molecule has 3 rings (SSSR count). The molecule has 1 fully saturated rings. The Bertz CT molecular complexity index is 906. The number of alkyl halides is 3. The highest BCUT2D eigenvalue weighted by Gasteiger charge is 2.43. The maximum absolute atomic E-state index is 13.5. The van der Waals surface area contributed by atoms with E-state index in [1.54, 1.807) is 11.8 Å². The van der Waals surface area contributed by atoms with Gasteiger partial charge in [-0.25, -0.2) is 0 Å². The van der Waals surface area contributed by atoms with Gasteiger partial charge < -0.3 is 10.6 Å². The fourth-order valence-electron chi connectivity index (χ4n) is 3.80. The van der Waals surface area contributed by atoms with Crippen LogP contribution in [0.3, 0.4) is 0 Å². The summed E-state index contributed by atoms with van der Waals surface area (Å²) in [4.78, 5) is 29.2. The molecule has 2 heterocycles. The topological polar surface area (TPSA) is 71.1 Å². The average molecular weight is 452 g/mol. The summed E-state index contributed by atoms with van der Waals surface area (Å²) in [5.41, 5.74) is 0.238. The summed E-state index contributed by atoms with van der Waals surface area (Å²) in [5, 5.41) is 5.04. The number of aromatic nitrogens is 1. The Balaban J connectivity index is 1.68. The molecule has 0 radical (unpaired) electrons. The minimum Gasteiger partial charge on any atom is -0.350 e. The number of hydrogen-bond acceptors (Lipinski definition) is 4. The van der Waals surface area contributed by atoms with Crippen molar-refractivity contribution in [2.24, 2.45) is 0 Å². The molecule has 9 heteroatoms. The van der Waals surface area contributed by atoms with Crippen molar-refractivity contribution in [2.45, 2.75) is 54.8 Å². The fraction of sp³-hybridized carbons (Fsp3) is 0.409. The van der Waals surface area contributed by atoms with E-state index < -0.39 is 23.7 Å². The lowest BCUT2D eigenvalue weighted by Crippen LogP contribution is -2.45. The number of amides is 2. The molecule has 31 heavy (non-hydrogen) atoms. The Morgan fingerprint density at radius 1 is 1.29 bits per heavy atom. The first-order chi connectivity index (χ1) is 14.7. The van der Waals surface area contributed by atoms with Crippen LogP contribution in [-0.4, -0.2) is 34.8 Å². The van der Waals surface area contributed by atoms with Crippen molar-refractivity contribution >= 4 is 23.6 Å². The Morgan fingerprint density at radius 2 is 2.03 bits per heavy atom. The Kier molecular flexibility index (Phi) is 7.25. The van der Waals surface area contributed by atoms with Gasteiger partial charge in [-0.05, 0) is 49.3 Å². The summed E-state index contributed by atoms with van der Waals surface area (Å²) in [7, 11) is 0. The second kappa shape index (κ2) is 9.72. The predicted molar refractivity (Wildman–Crippen MR) is 112 cm³/mol. The van der Waals surface area contributed by atoms with E-state index in [1.165, 1.54) is 18.3 Å². The van der Waals surface area contributed by atoms with Crippen molar-refractivity contribution in [1.82, 2.24) is 15.6 Å². The van der Waals surface area contributed by atoms with Crippen molar-refractivity contribution in [3.63, 3.8) is 0 Å². The van der Waals surface area contributed by atoms with Crippen LogP contribution in [0.2, 0.25) is 0 Å². The van der Waals surface area contributed by atoms with Crippen LogP contribution in [0.15, 0.2) is 53.7 Å². The van der Waals surface area contributed by atoms with Crippen molar-refractivity contribution in [2.75, 3.05) is 6.26 Å². The third kappa shape index (κ3) is 6.22. The third-order valence-electron chi connectivity index (χ3n) is 5.42. The van der Waals surface area contributed by atoms with Crippen molar-refractivity contribution < 1.29 is 22.8 Å². The Hall–Kier alpha value is -2.55. The maximum atomic E-state index is 13.5. The zero-order valence-electron chi connectivity index (χ0n) is 17.0. The molecule has 5 nitrogen and oxygen atoms in total. The van der Waals surface area contributed by atoms with Crippen LogP contribution in [0, 0.1) is 0 Å². The summed E-state index contributed by atoms with van der Waals surface area (Å²) >= 11 is 1.62. The van der Waals surface area contributed by atoms with Crippen LogP contribution in [0.1, 0.15) is 42.9 Å². The van der Waals surface area contributed by atoms with Gasteiger partial charge in [0.2, 0.25) is 11.8 Å². The molecule has 2 atom stereocenters. The van der Waals surface area contributed by atoms with Gasteiger partial charge in [0.1, 0.15) is 0 Å². The van der Waals surface area contributed by atoms with E-state index in [9.17, 15) is 22.8 Å². The van der Waals surface area contributed by atoms with Gasteiger partial charge in [0, 0.05) is 41.2 Å². The molecule has 1 aromatic heterocycles. The molecule has 1 aromatic carbocycles. The average Bonchev–Trinajstić information content (AvgIpc) is 3.11. The molecule has 2 amide bonds. The van der Waals surface area contributed by atoms with E-state index in [-0.39, 0.29) is 24.3 Å². The lowest BCUT2D eigenvalue weighted by molar-refractivity contribution is -0.163. The second-order valence-electron chi connectivity index (χ2n) is 7.68. The van der Waals surface area contributed by atoms with Gasteiger partial charge in [-0.15, -0.1) is 11.8 Å². The van der Waals surface area contributed by atoms with Gasteiger partial charge >= 0.3 is 6.18 Å². The normalized spacial score (nSPS) is 19.7. The molecular formula is C22H24F3N3O2S. The number of pyridine rings is 1. The maximum Gasteiger partial charge on any atom is 0.412 e. The van der Waals surface area contributed by atoms with Gasteiger partial charge in [-0.3, -0.25) is 14.6 Å². The molecule has 0 spiro atoms. The minimum atomic E-state index is -4.64. The number of carbonyl (C=O) groups excluding carboxylic acids is 2. The highest BCUT2D eigenvalue weighted by Crippen LogP contribution is 2.33. The van der Waals surface area contributed by atoms with Crippen LogP contribution in [0.5, 0.6) is 0 Å². The highest BCUT2D eigenvalue weighted by molar-refractivity contribution is 7.98. The molecule has 1 aliphatic heterocycles. The first kappa shape index (κ1) is 23.1. The van der Waals surface area contributed by atoms with Gasteiger partial charge in [-0.1, -0.05) is 18.2 Å². The van der Waals surface area contributed by atoms with E-state index in [2.05, 4.69) is 15.6 Å². The Labute approximate surface area is 183 Å². The molecule has 1 aliphatic rings. The van der Waals surface area contributed by atoms with Crippen molar-refractivity contribution in [3.05, 3.63) is 59.9 Å². The van der Waals surface area contributed by atoms with Crippen molar-refractivity contribution in [1.29, 1.82) is 0 Å². The summed E-state index contributed by atoms with van der Waals surface area (Å²) in [6, 6.07) is 8.47. The smallest absolute Gasteiger partial charge is 0.350 e. The number of thioether (sulfide) groups is 1. The molecular weight excluding hydrogens is 427 g/mol. The number of hydrogen-bond donors (Lipinski definition) is 2. The Morgan fingerprint density at radius 3 is 2.58 bits per heavy atom. The first-order valence-corrected chi connectivity index (χ1v) is 11.1. The third-order valence-corrected chi connectivity index (χ3v) is 6.16. The first-order valence-electron chi connectivity index (χ1n) is 9.91. The quantitative estimate of drug-likeness (QED) is 0.591. The number of nitrogens with zero attached hydrogens (tertiary/aromatic N) is 1. The number of benzene rings is 1. The fourth-order valence-corrected chi connectivity index (χ4v) is 4.21. The van der Waals surface area contributed by atoms with Crippen LogP contribution < -0.4 is 10.6 Å². The molecule has 1 saturated heterocycles. The standard InChI is InChI=1S/C22H24F3N3O2S/c1-31-17-6-4-15(5-7-17)13-21(11-9-19(30)28-21)10-8-18(29)27-20(22(23,24)25)16-3-2-12-26-14-16/h2-7,12,14,20H,8-11,13H2,1H3,(H,27,29)(H,28,30)/t20-,21+/m1/s1. The van der Waals surface area contributed by atoms with Crippen LogP contribution in [0.4, 0.5) is 13.2 Å². The number of carbonyl (C=O) groups is 2. The molecule has 0 bridgehead atoms. The molecule has 0 unspecified atom stereocenters. The predicted octanol–water partition coefficient (Wildman–Crippen LogP) is 4.19. The van der Waals surface area contributed by atoms with E-state index in [4.69, 9.17) is 0 Å². The second-order valence-corrected chi connectivity index (χ2v) is 8.56. The van der Waals surface area contributed by atoms with Crippen LogP contribution >= 0.6 is 11.8 Å². The monoisotopic (exact) mass is 451 g/mol. The molecule has 2 aromatic rings. The van der Waals surface area contributed by atoms with Gasteiger partial charge in [0.05, 0.1) is 0 Å². The zero-order valence-corrected chi connectivity index (χ0v) is 17.9. The van der Waals surface area contributed by atoms with Gasteiger partial charge in [-0.2, -0.15) is 13.2 Å².